The van der Waals surface area contributed by atoms with Crippen molar-refractivity contribution in [2.45, 2.75) is 18.8 Å². The summed E-state index contributed by atoms with van der Waals surface area (Å²) in [6.07, 6.45) is 20.9. The van der Waals surface area contributed by atoms with Crippen LogP contribution in [-0.4, -0.2) is 0 Å². The van der Waals surface area contributed by atoms with Crippen molar-refractivity contribution in [1.82, 2.24) is 0 Å². The summed E-state index contributed by atoms with van der Waals surface area (Å²) in [5.74, 6) is 0.522. The fourth-order valence-electron chi connectivity index (χ4n) is 4.44. The van der Waals surface area contributed by atoms with Gasteiger partial charge in [0.05, 0.1) is 0 Å². The molecule has 1 aromatic rings. The van der Waals surface area contributed by atoms with E-state index in [1.165, 1.54) is 16.7 Å². The zero-order chi connectivity index (χ0) is 13.2. The van der Waals surface area contributed by atoms with Crippen molar-refractivity contribution in [3.8, 4) is 0 Å². The van der Waals surface area contributed by atoms with Crippen LogP contribution in [0.3, 0.4) is 0 Å². The molecule has 1 spiro atoms. The van der Waals surface area contributed by atoms with Crippen LogP contribution in [0.25, 0.3) is 6.08 Å². The molecule has 0 amide bonds. The quantitative estimate of drug-likeness (QED) is 0.589. The predicted molar refractivity (Wildman–Crippen MR) is 83.4 cm³/mol. The number of hydrogen-bond acceptors (Lipinski definition) is 0. The molecule has 0 fully saturated rings. The van der Waals surface area contributed by atoms with Crippen molar-refractivity contribution in [2.24, 2.45) is 5.41 Å². The number of hydrogen-bond donors (Lipinski definition) is 0. The third-order valence-corrected chi connectivity index (χ3v) is 5.27. The SMILES string of the molecule is C1=CC2=Cc3cccc4c3C3C(=CC4)CC=CC23C=C1. The van der Waals surface area contributed by atoms with E-state index >= 15 is 0 Å². The molecular weight excluding hydrogens is 240 g/mol. The van der Waals surface area contributed by atoms with E-state index in [0.29, 0.717) is 5.92 Å². The summed E-state index contributed by atoms with van der Waals surface area (Å²) in [5.41, 5.74) is 7.65. The van der Waals surface area contributed by atoms with Gasteiger partial charge < -0.3 is 0 Å². The van der Waals surface area contributed by atoms with E-state index in [4.69, 9.17) is 0 Å². The molecule has 0 heterocycles. The molecule has 0 aliphatic heterocycles. The maximum atomic E-state index is 2.47. The second-order valence-electron chi connectivity index (χ2n) is 6.19. The van der Waals surface area contributed by atoms with Crippen LogP contribution in [0.4, 0.5) is 0 Å². The molecule has 5 rings (SSSR count). The van der Waals surface area contributed by atoms with Gasteiger partial charge in [-0.1, -0.05) is 72.4 Å². The first-order valence-electron chi connectivity index (χ1n) is 7.45. The van der Waals surface area contributed by atoms with Gasteiger partial charge in [0.25, 0.3) is 0 Å². The molecule has 0 nitrogen and oxygen atoms in total. The lowest BCUT2D eigenvalue weighted by Gasteiger charge is -2.48. The molecule has 4 aliphatic carbocycles. The molecule has 4 aliphatic rings. The molecule has 0 saturated heterocycles. The molecule has 2 unspecified atom stereocenters. The van der Waals surface area contributed by atoms with Crippen molar-refractivity contribution < 1.29 is 0 Å². The van der Waals surface area contributed by atoms with Crippen LogP contribution >= 0.6 is 0 Å². The molecule has 0 N–H and O–H groups in total. The van der Waals surface area contributed by atoms with Gasteiger partial charge in [0.15, 0.2) is 0 Å². The van der Waals surface area contributed by atoms with Crippen LogP contribution in [-0.2, 0) is 6.42 Å². The lowest BCUT2D eigenvalue weighted by molar-refractivity contribution is 0.473. The second-order valence-corrected chi connectivity index (χ2v) is 6.19. The maximum absolute atomic E-state index is 2.47. The van der Waals surface area contributed by atoms with Gasteiger partial charge in [-0.3, -0.25) is 0 Å². The number of rotatable bonds is 0. The fourth-order valence-corrected chi connectivity index (χ4v) is 4.44. The molecule has 2 atom stereocenters. The summed E-state index contributed by atoms with van der Waals surface area (Å²) in [5, 5.41) is 0. The van der Waals surface area contributed by atoms with E-state index in [1.807, 2.05) is 0 Å². The van der Waals surface area contributed by atoms with Crippen molar-refractivity contribution in [3.63, 3.8) is 0 Å². The zero-order valence-corrected chi connectivity index (χ0v) is 11.3. The first-order valence-corrected chi connectivity index (χ1v) is 7.45. The summed E-state index contributed by atoms with van der Waals surface area (Å²) < 4.78 is 0. The molecular formula is C20H16. The van der Waals surface area contributed by atoms with Crippen molar-refractivity contribution in [1.29, 1.82) is 0 Å². The van der Waals surface area contributed by atoms with Gasteiger partial charge in [0.1, 0.15) is 0 Å². The van der Waals surface area contributed by atoms with Crippen molar-refractivity contribution in [3.05, 3.63) is 88.6 Å². The first-order chi connectivity index (χ1) is 9.88. The average molecular weight is 256 g/mol. The van der Waals surface area contributed by atoms with Crippen LogP contribution in [0.15, 0.2) is 71.9 Å². The van der Waals surface area contributed by atoms with Crippen molar-refractivity contribution >= 4 is 6.08 Å². The van der Waals surface area contributed by atoms with Gasteiger partial charge in [-0.05, 0) is 35.1 Å². The lowest BCUT2D eigenvalue weighted by Crippen LogP contribution is -2.36. The van der Waals surface area contributed by atoms with Gasteiger partial charge in [-0.15, -0.1) is 0 Å². The Hall–Kier alpha value is -2.08. The van der Waals surface area contributed by atoms with E-state index in [2.05, 4.69) is 66.8 Å². The zero-order valence-electron chi connectivity index (χ0n) is 11.3. The number of benzene rings is 1. The monoisotopic (exact) mass is 256 g/mol. The molecule has 0 aromatic heterocycles. The fraction of sp³-hybridized carbons (Fsp3) is 0.200. The molecule has 0 bridgehead atoms. The summed E-state index contributed by atoms with van der Waals surface area (Å²) >= 11 is 0. The smallest absolute Gasteiger partial charge is 0.0421 e. The molecule has 0 radical (unpaired) electrons. The summed E-state index contributed by atoms with van der Waals surface area (Å²) in [6, 6.07) is 6.79. The molecule has 0 saturated carbocycles. The summed E-state index contributed by atoms with van der Waals surface area (Å²) in [6.45, 7) is 0. The lowest BCUT2D eigenvalue weighted by atomic mass is 9.55. The van der Waals surface area contributed by atoms with Crippen molar-refractivity contribution in [2.75, 3.05) is 0 Å². The Kier molecular flexibility index (Phi) is 1.88. The first kappa shape index (κ1) is 10.7. The average Bonchev–Trinajstić information content (AvgIpc) is 2.50. The third kappa shape index (κ3) is 1.13. The highest BCUT2D eigenvalue weighted by atomic mass is 14.5. The van der Waals surface area contributed by atoms with Gasteiger partial charge in [0, 0.05) is 11.3 Å². The van der Waals surface area contributed by atoms with Crippen LogP contribution in [0, 0.1) is 5.41 Å². The summed E-state index contributed by atoms with van der Waals surface area (Å²) in [7, 11) is 0. The minimum Gasteiger partial charge on any atom is -0.0832 e. The Bertz CT molecular complexity index is 767. The van der Waals surface area contributed by atoms with E-state index in [9.17, 15) is 0 Å². The van der Waals surface area contributed by atoms with Crippen LogP contribution < -0.4 is 0 Å². The Morgan fingerprint density at radius 3 is 3.05 bits per heavy atom. The van der Waals surface area contributed by atoms with Gasteiger partial charge >= 0.3 is 0 Å². The highest BCUT2D eigenvalue weighted by Crippen LogP contribution is 2.59. The van der Waals surface area contributed by atoms with E-state index in [0.717, 1.165) is 12.8 Å². The van der Waals surface area contributed by atoms with Gasteiger partial charge in [0.2, 0.25) is 0 Å². The normalized spacial score (nSPS) is 31.3. The minimum absolute atomic E-state index is 0.0718. The standard InChI is InChI=1S/C20H16/c1-2-11-20-12-4-7-15-10-9-14-5-3-6-16(13-17(20)8-1)18(14)19(15)20/h1-6,8,10-13,19H,7,9H2. The molecule has 20 heavy (non-hydrogen) atoms. The van der Waals surface area contributed by atoms with E-state index in [1.54, 1.807) is 11.1 Å². The Labute approximate surface area is 119 Å². The Balaban J connectivity index is 1.92. The number of allylic oxidation sites excluding steroid dienone is 9. The van der Waals surface area contributed by atoms with Crippen LogP contribution in [0.5, 0.6) is 0 Å². The highest BCUT2D eigenvalue weighted by molar-refractivity contribution is 5.74. The minimum atomic E-state index is 0.0718. The van der Waals surface area contributed by atoms with Crippen LogP contribution in [0.1, 0.15) is 29.0 Å². The Morgan fingerprint density at radius 2 is 2.05 bits per heavy atom. The van der Waals surface area contributed by atoms with E-state index < -0.39 is 0 Å². The maximum Gasteiger partial charge on any atom is 0.0421 e. The molecule has 0 heteroatoms. The summed E-state index contributed by atoms with van der Waals surface area (Å²) in [4.78, 5) is 0. The van der Waals surface area contributed by atoms with Gasteiger partial charge in [-0.2, -0.15) is 0 Å². The predicted octanol–water partition coefficient (Wildman–Crippen LogP) is 4.72. The third-order valence-electron chi connectivity index (χ3n) is 5.27. The van der Waals surface area contributed by atoms with Gasteiger partial charge in [-0.25, -0.2) is 0 Å². The highest BCUT2D eigenvalue weighted by Gasteiger charge is 2.46. The second kappa shape index (κ2) is 3.52. The largest absolute Gasteiger partial charge is 0.0832 e. The molecule has 96 valence electrons. The Morgan fingerprint density at radius 1 is 1.05 bits per heavy atom. The topological polar surface area (TPSA) is 0 Å². The molecule has 1 aromatic carbocycles. The van der Waals surface area contributed by atoms with Crippen LogP contribution in [0.2, 0.25) is 0 Å². The van der Waals surface area contributed by atoms with E-state index in [-0.39, 0.29) is 5.41 Å².